The third kappa shape index (κ3) is 4.35. The molecule has 2 aliphatic rings. The molecule has 4 rings (SSSR count). The van der Waals surface area contributed by atoms with Gasteiger partial charge in [-0.1, -0.05) is 6.07 Å². The Hall–Kier alpha value is -2.65. The third-order valence-corrected chi connectivity index (χ3v) is 7.06. The molecule has 3 heterocycles. The van der Waals surface area contributed by atoms with E-state index >= 15 is 0 Å². The fraction of sp³-hybridized carbons (Fsp3) is 0.400. The Morgan fingerprint density at radius 1 is 1.14 bits per heavy atom. The first-order valence-electron chi connectivity index (χ1n) is 9.60. The molecular formula is C20H23N3O5S. The summed E-state index contributed by atoms with van der Waals surface area (Å²) < 4.78 is 38.3. The van der Waals surface area contributed by atoms with Gasteiger partial charge in [0.15, 0.2) is 11.5 Å². The number of hydrogen-bond donors (Lipinski definition) is 1. The standard InChI is InChI=1S/C20H23N3O5S/c24-20(22-14-15-2-1-7-21-13-15)16-5-8-23(9-6-16)29(25,26)17-3-4-18-19(12-17)28-11-10-27-18/h1-4,7,12-13,16H,5-6,8-11,14H2,(H,22,24). The summed E-state index contributed by atoms with van der Waals surface area (Å²) in [6, 6.07) is 8.39. The van der Waals surface area contributed by atoms with Gasteiger partial charge in [-0.2, -0.15) is 4.31 Å². The molecule has 1 amide bonds. The molecule has 0 spiro atoms. The Morgan fingerprint density at radius 2 is 1.90 bits per heavy atom. The Balaban J connectivity index is 1.35. The number of nitrogens with zero attached hydrogens (tertiary/aromatic N) is 2. The summed E-state index contributed by atoms with van der Waals surface area (Å²) in [6.45, 7) is 1.89. The number of aromatic nitrogens is 1. The molecule has 0 radical (unpaired) electrons. The molecule has 154 valence electrons. The smallest absolute Gasteiger partial charge is 0.243 e. The maximum absolute atomic E-state index is 13.0. The van der Waals surface area contributed by atoms with Gasteiger partial charge in [0, 0.05) is 44.0 Å². The van der Waals surface area contributed by atoms with Crippen LogP contribution in [0.2, 0.25) is 0 Å². The molecule has 1 aromatic carbocycles. The molecule has 1 saturated heterocycles. The zero-order chi connectivity index (χ0) is 20.3. The number of carbonyl (C=O) groups excluding carboxylic acids is 1. The van der Waals surface area contributed by atoms with Crippen LogP contribution in [-0.2, 0) is 21.4 Å². The average molecular weight is 417 g/mol. The minimum atomic E-state index is -3.64. The van der Waals surface area contributed by atoms with Gasteiger partial charge in [-0.05, 0) is 36.6 Å². The number of benzene rings is 1. The Labute approximate surface area is 169 Å². The van der Waals surface area contributed by atoms with Crippen LogP contribution in [0.15, 0.2) is 47.6 Å². The van der Waals surface area contributed by atoms with Gasteiger partial charge in [-0.15, -0.1) is 0 Å². The molecule has 0 aliphatic carbocycles. The van der Waals surface area contributed by atoms with Crippen molar-refractivity contribution in [3.63, 3.8) is 0 Å². The lowest BCUT2D eigenvalue weighted by Crippen LogP contribution is -2.42. The van der Waals surface area contributed by atoms with Gasteiger partial charge >= 0.3 is 0 Å². The molecule has 0 atom stereocenters. The van der Waals surface area contributed by atoms with Crippen molar-refractivity contribution >= 4 is 15.9 Å². The highest BCUT2D eigenvalue weighted by atomic mass is 32.2. The second-order valence-corrected chi connectivity index (χ2v) is 9.00. The summed E-state index contributed by atoms with van der Waals surface area (Å²) in [5, 5.41) is 2.91. The molecular weight excluding hydrogens is 394 g/mol. The number of sulfonamides is 1. The van der Waals surface area contributed by atoms with E-state index < -0.39 is 10.0 Å². The van der Waals surface area contributed by atoms with E-state index in [0.29, 0.717) is 57.2 Å². The quantitative estimate of drug-likeness (QED) is 0.793. The van der Waals surface area contributed by atoms with E-state index in [1.165, 1.54) is 16.4 Å². The number of piperidine rings is 1. The van der Waals surface area contributed by atoms with Crippen LogP contribution in [0.25, 0.3) is 0 Å². The van der Waals surface area contributed by atoms with Crippen molar-refractivity contribution in [3.8, 4) is 11.5 Å². The lowest BCUT2D eigenvalue weighted by Gasteiger charge is -2.30. The lowest BCUT2D eigenvalue weighted by molar-refractivity contribution is -0.126. The van der Waals surface area contributed by atoms with Crippen molar-refractivity contribution in [2.24, 2.45) is 5.92 Å². The number of hydrogen-bond acceptors (Lipinski definition) is 6. The van der Waals surface area contributed by atoms with Crippen molar-refractivity contribution in [1.82, 2.24) is 14.6 Å². The summed E-state index contributed by atoms with van der Waals surface area (Å²) in [5.74, 6) is 0.754. The highest BCUT2D eigenvalue weighted by Crippen LogP contribution is 2.34. The van der Waals surface area contributed by atoms with E-state index in [0.717, 1.165) is 5.56 Å². The van der Waals surface area contributed by atoms with Crippen LogP contribution in [0, 0.1) is 5.92 Å². The molecule has 2 aromatic rings. The number of rotatable bonds is 5. The van der Waals surface area contributed by atoms with Crippen LogP contribution in [0.5, 0.6) is 11.5 Å². The Morgan fingerprint density at radius 3 is 2.62 bits per heavy atom. The SMILES string of the molecule is O=C(NCc1cccnc1)C1CCN(S(=O)(=O)c2ccc3c(c2)OCCO3)CC1. The lowest BCUT2D eigenvalue weighted by atomic mass is 9.97. The van der Waals surface area contributed by atoms with Crippen LogP contribution >= 0.6 is 0 Å². The van der Waals surface area contributed by atoms with Crippen LogP contribution in [0.3, 0.4) is 0 Å². The van der Waals surface area contributed by atoms with Gasteiger partial charge in [0.25, 0.3) is 0 Å². The Bertz CT molecular complexity index is 973. The molecule has 0 bridgehead atoms. The average Bonchev–Trinajstić information content (AvgIpc) is 2.78. The van der Waals surface area contributed by atoms with Crippen molar-refractivity contribution in [1.29, 1.82) is 0 Å². The molecule has 1 N–H and O–H groups in total. The first-order valence-corrected chi connectivity index (χ1v) is 11.0. The fourth-order valence-corrected chi connectivity index (χ4v) is 5.01. The van der Waals surface area contributed by atoms with Crippen LogP contribution in [0.1, 0.15) is 18.4 Å². The number of nitrogens with one attached hydrogen (secondary N) is 1. The molecule has 29 heavy (non-hydrogen) atoms. The fourth-order valence-electron chi connectivity index (χ4n) is 3.53. The summed E-state index contributed by atoms with van der Waals surface area (Å²) in [7, 11) is -3.64. The highest BCUT2D eigenvalue weighted by molar-refractivity contribution is 7.89. The largest absolute Gasteiger partial charge is 0.486 e. The van der Waals surface area contributed by atoms with Gasteiger partial charge in [0.1, 0.15) is 13.2 Å². The third-order valence-electron chi connectivity index (χ3n) is 5.17. The number of carbonyl (C=O) groups is 1. The molecule has 1 aromatic heterocycles. The van der Waals surface area contributed by atoms with Crippen molar-refractivity contribution < 1.29 is 22.7 Å². The van der Waals surface area contributed by atoms with E-state index in [4.69, 9.17) is 9.47 Å². The van der Waals surface area contributed by atoms with Crippen LogP contribution in [-0.4, -0.2) is 49.9 Å². The van der Waals surface area contributed by atoms with Crippen molar-refractivity contribution in [3.05, 3.63) is 48.3 Å². The van der Waals surface area contributed by atoms with E-state index in [2.05, 4.69) is 10.3 Å². The normalized spacial score (nSPS) is 17.7. The number of fused-ring (bicyclic) bond motifs is 1. The maximum atomic E-state index is 13.0. The zero-order valence-electron chi connectivity index (χ0n) is 15.9. The minimum Gasteiger partial charge on any atom is -0.486 e. The van der Waals surface area contributed by atoms with Gasteiger partial charge < -0.3 is 14.8 Å². The maximum Gasteiger partial charge on any atom is 0.243 e. The van der Waals surface area contributed by atoms with Gasteiger partial charge in [0.2, 0.25) is 15.9 Å². The summed E-state index contributed by atoms with van der Waals surface area (Å²) in [5.41, 5.74) is 0.930. The van der Waals surface area contributed by atoms with Crippen molar-refractivity contribution in [2.45, 2.75) is 24.3 Å². The van der Waals surface area contributed by atoms with Gasteiger partial charge in [-0.3, -0.25) is 9.78 Å². The molecule has 2 aliphatic heterocycles. The number of pyridine rings is 1. The summed E-state index contributed by atoms with van der Waals surface area (Å²) in [6.07, 6.45) is 4.37. The van der Waals surface area contributed by atoms with E-state index in [1.54, 1.807) is 18.5 Å². The zero-order valence-corrected chi connectivity index (χ0v) is 16.7. The predicted octanol–water partition coefficient (Wildman–Crippen LogP) is 1.57. The number of amides is 1. The van der Waals surface area contributed by atoms with Gasteiger partial charge in [-0.25, -0.2) is 8.42 Å². The minimum absolute atomic E-state index is 0.0507. The predicted molar refractivity (Wildman–Crippen MR) is 105 cm³/mol. The first kappa shape index (κ1) is 19.7. The second-order valence-electron chi connectivity index (χ2n) is 7.06. The molecule has 1 fully saturated rings. The Kier molecular flexibility index (Phi) is 5.68. The van der Waals surface area contributed by atoms with Crippen molar-refractivity contribution in [2.75, 3.05) is 26.3 Å². The molecule has 0 unspecified atom stereocenters. The number of ether oxygens (including phenoxy) is 2. The molecule has 8 nitrogen and oxygen atoms in total. The van der Waals surface area contributed by atoms with E-state index in [1.807, 2.05) is 12.1 Å². The van der Waals surface area contributed by atoms with Crippen LogP contribution < -0.4 is 14.8 Å². The highest BCUT2D eigenvalue weighted by Gasteiger charge is 2.32. The first-order chi connectivity index (χ1) is 14.0. The monoisotopic (exact) mass is 417 g/mol. The van der Waals surface area contributed by atoms with E-state index in [9.17, 15) is 13.2 Å². The summed E-state index contributed by atoms with van der Waals surface area (Å²) in [4.78, 5) is 16.6. The second kappa shape index (κ2) is 8.38. The molecule has 9 heteroatoms. The molecule has 0 saturated carbocycles. The van der Waals surface area contributed by atoms with E-state index in [-0.39, 0.29) is 16.7 Å². The topological polar surface area (TPSA) is 97.8 Å². The van der Waals surface area contributed by atoms with Crippen LogP contribution in [0.4, 0.5) is 0 Å². The summed E-state index contributed by atoms with van der Waals surface area (Å²) >= 11 is 0. The van der Waals surface area contributed by atoms with Gasteiger partial charge in [0.05, 0.1) is 4.90 Å².